The van der Waals surface area contributed by atoms with Gasteiger partial charge >= 0.3 is 5.97 Å². The molecule has 5 N–H and O–H groups in total. The molecule has 1 aromatic rings. The second-order valence-electron chi connectivity index (χ2n) is 5.07. The zero-order chi connectivity index (χ0) is 18.4. The smallest absolute Gasteiger partial charge is 0.339 e. The summed E-state index contributed by atoms with van der Waals surface area (Å²) in [7, 11) is 0. The van der Waals surface area contributed by atoms with Crippen LogP contribution >= 0.6 is 0 Å². The van der Waals surface area contributed by atoms with E-state index < -0.39 is 43.3 Å². The zero-order valence-electron chi connectivity index (χ0n) is 13.8. The summed E-state index contributed by atoms with van der Waals surface area (Å²) in [5.41, 5.74) is 0.356. The molecule has 0 amide bonds. The van der Waals surface area contributed by atoms with Crippen LogP contribution in [0, 0.1) is 6.92 Å². The number of aromatic carboxylic acids is 1. The first-order valence-corrected chi connectivity index (χ1v) is 7.67. The fourth-order valence-electron chi connectivity index (χ4n) is 2.30. The summed E-state index contributed by atoms with van der Waals surface area (Å²) in [6.07, 6.45) is -7.23. The number of ether oxygens (including phenoxy) is 2. The Labute approximate surface area is 139 Å². The van der Waals surface area contributed by atoms with Crippen molar-refractivity contribution in [3.05, 3.63) is 29.3 Å². The summed E-state index contributed by atoms with van der Waals surface area (Å²) in [4.78, 5) is 11.3. The number of aryl methyl sites for hydroxylation is 1. The number of benzene rings is 1. The highest BCUT2D eigenvalue weighted by molar-refractivity contribution is 5.92. The van der Waals surface area contributed by atoms with E-state index in [2.05, 4.69) is 0 Å². The average Bonchev–Trinajstić information content (AvgIpc) is 2.57. The van der Waals surface area contributed by atoms with Crippen LogP contribution in [0.25, 0.3) is 0 Å². The maximum Gasteiger partial charge on any atom is 0.339 e. The van der Waals surface area contributed by atoms with E-state index in [0.717, 1.165) is 0 Å². The number of hydrogen-bond acceptors (Lipinski definition) is 7. The largest absolute Gasteiger partial charge is 0.478 e. The Morgan fingerprint density at radius 1 is 1.17 bits per heavy atom. The maximum atomic E-state index is 11.3. The first kappa shape index (κ1) is 20.3. The Kier molecular flexibility index (Phi) is 7.59. The summed E-state index contributed by atoms with van der Waals surface area (Å²) in [6, 6.07) is 4.54. The summed E-state index contributed by atoms with van der Waals surface area (Å²) >= 11 is 0. The lowest BCUT2D eigenvalue weighted by Gasteiger charge is -2.39. The van der Waals surface area contributed by atoms with Gasteiger partial charge in [-0.2, -0.15) is 0 Å². The van der Waals surface area contributed by atoms with Crippen molar-refractivity contribution in [1.82, 2.24) is 0 Å². The summed E-state index contributed by atoms with van der Waals surface area (Å²) < 4.78 is 10.5. The molecule has 1 aromatic carbocycles. The summed E-state index contributed by atoms with van der Waals surface area (Å²) in [5.74, 6) is -1.26. The average molecular weight is 344 g/mol. The molecule has 1 saturated heterocycles. The number of aliphatic hydroxyl groups excluding tert-OH is 4. The Balaban J connectivity index is 0.00000139. The summed E-state index contributed by atoms with van der Waals surface area (Å²) in [6.45, 7) is 4.99. The lowest BCUT2D eigenvalue weighted by molar-refractivity contribution is -0.277. The predicted octanol–water partition coefficient (Wildman–Crippen LogP) is -0.102. The molecule has 24 heavy (non-hydrogen) atoms. The van der Waals surface area contributed by atoms with Crippen molar-refractivity contribution >= 4 is 5.97 Å². The van der Waals surface area contributed by atoms with Gasteiger partial charge in [-0.3, -0.25) is 0 Å². The van der Waals surface area contributed by atoms with Gasteiger partial charge in [0.1, 0.15) is 35.7 Å². The van der Waals surface area contributed by atoms with Gasteiger partial charge < -0.3 is 35.0 Å². The fraction of sp³-hybridized carbons (Fsp3) is 0.562. The van der Waals surface area contributed by atoms with E-state index in [1.807, 2.05) is 13.8 Å². The molecule has 0 unspecified atom stereocenters. The van der Waals surface area contributed by atoms with Crippen LogP contribution in [0.15, 0.2) is 18.2 Å². The molecule has 8 nitrogen and oxygen atoms in total. The van der Waals surface area contributed by atoms with Crippen molar-refractivity contribution in [1.29, 1.82) is 0 Å². The Bertz CT molecular complexity index is 545. The van der Waals surface area contributed by atoms with E-state index in [9.17, 15) is 25.2 Å². The second-order valence-corrected chi connectivity index (χ2v) is 5.07. The third kappa shape index (κ3) is 4.22. The molecule has 1 aliphatic heterocycles. The van der Waals surface area contributed by atoms with Crippen molar-refractivity contribution in [2.24, 2.45) is 0 Å². The van der Waals surface area contributed by atoms with Gasteiger partial charge in [0.15, 0.2) is 0 Å². The molecule has 0 saturated carbocycles. The number of rotatable bonds is 4. The van der Waals surface area contributed by atoms with Crippen LogP contribution in [0.3, 0.4) is 0 Å². The highest BCUT2D eigenvalue weighted by Gasteiger charge is 2.45. The first-order chi connectivity index (χ1) is 11.4. The minimum Gasteiger partial charge on any atom is -0.478 e. The minimum atomic E-state index is -1.60. The molecular weight excluding hydrogens is 320 g/mol. The van der Waals surface area contributed by atoms with Crippen LogP contribution in [0.5, 0.6) is 5.75 Å². The van der Waals surface area contributed by atoms with E-state index >= 15 is 0 Å². The molecule has 0 aromatic heterocycles. The van der Waals surface area contributed by atoms with E-state index in [4.69, 9.17) is 14.6 Å². The monoisotopic (exact) mass is 344 g/mol. The van der Waals surface area contributed by atoms with Crippen LogP contribution in [0.2, 0.25) is 0 Å². The Hall–Kier alpha value is -1.71. The lowest BCUT2D eigenvalue weighted by Crippen LogP contribution is -2.60. The van der Waals surface area contributed by atoms with E-state index in [1.54, 1.807) is 19.1 Å². The van der Waals surface area contributed by atoms with Gasteiger partial charge in [-0.05, 0) is 18.6 Å². The molecule has 1 fully saturated rings. The van der Waals surface area contributed by atoms with Gasteiger partial charge in [0, 0.05) is 0 Å². The lowest BCUT2D eigenvalue weighted by atomic mass is 9.99. The second kappa shape index (κ2) is 8.95. The molecule has 1 aliphatic rings. The Morgan fingerprint density at radius 2 is 1.79 bits per heavy atom. The highest BCUT2D eigenvalue weighted by atomic mass is 16.7. The predicted molar refractivity (Wildman–Crippen MR) is 83.9 cm³/mol. The van der Waals surface area contributed by atoms with Gasteiger partial charge in [0.2, 0.25) is 6.29 Å². The van der Waals surface area contributed by atoms with Crippen molar-refractivity contribution in [3.63, 3.8) is 0 Å². The topological polar surface area (TPSA) is 137 Å². The summed E-state index contributed by atoms with van der Waals surface area (Å²) in [5, 5.41) is 47.6. The van der Waals surface area contributed by atoms with Gasteiger partial charge in [-0.15, -0.1) is 0 Å². The molecule has 0 aliphatic carbocycles. The fourth-order valence-corrected chi connectivity index (χ4v) is 2.30. The van der Waals surface area contributed by atoms with Crippen LogP contribution in [-0.2, 0) is 4.74 Å². The van der Waals surface area contributed by atoms with Crippen LogP contribution in [0.1, 0.15) is 29.8 Å². The van der Waals surface area contributed by atoms with Crippen LogP contribution in [-0.4, -0.2) is 68.8 Å². The van der Waals surface area contributed by atoms with Crippen LogP contribution < -0.4 is 4.74 Å². The number of carbonyl (C=O) groups is 1. The number of carboxylic acids is 1. The molecule has 8 heteroatoms. The highest BCUT2D eigenvalue weighted by Crippen LogP contribution is 2.28. The van der Waals surface area contributed by atoms with Crippen LogP contribution in [0.4, 0.5) is 0 Å². The number of carboxylic acid groups (broad SMARTS) is 1. The third-order valence-corrected chi connectivity index (χ3v) is 3.54. The van der Waals surface area contributed by atoms with Gasteiger partial charge in [0.25, 0.3) is 0 Å². The number of hydrogen-bond donors (Lipinski definition) is 5. The van der Waals surface area contributed by atoms with E-state index in [1.165, 1.54) is 6.07 Å². The van der Waals surface area contributed by atoms with Gasteiger partial charge in [-0.25, -0.2) is 4.79 Å². The zero-order valence-corrected chi connectivity index (χ0v) is 13.8. The molecule has 1 heterocycles. The van der Waals surface area contributed by atoms with Gasteiger partial charge in [-0.1, -0.05) is 26.0 Å². The molecule has 5 atom stereocenters. The first-order valence-electron chi connectivity index (χ1n) is 7.67. The van der Waals surface area contributed by atoms with E-state index in [-0.39, 0.29) is 11.3 Å². The van der Waals surface area contributed by atoms with Crippen molar-refractivity contribution in [3.8, 4) is 5.75 Å². The molecule has 136 valence electrons. The maximum absolute atomic E-state index is 11.3. The van der Waals surface area contributed by atoms with E-state index in [0.29, 0.717) is 5.56 Å². The molecule has 0 radical (unpaired) electrons. The standard InChI is InChI=1S/C14H18O8.C2H6/c1-6-3-2-4-7(9(6)13(19)20)21-14-12(18)11(17)10(16)8(5-15)22-14;1-2/h2-4,8,10-12,14-18H,5H2,1H3,(H,19,20);1-2H3/t8-,10-,11+,12-,14-;/m1./s1. The van der Waals surface area contributed by atoms with Crippen molar-refractivity contribution in [2.75, 3.05) is 6.61 Å². The minimum absolute atomic E-state index is 0.0446. The molecule has 0 bridgehead atoms. The third-order valence-electron chi connectivity index (χ3n) is 3.54. The normalized spacial score (nSPS) is 29.4. The van der Waals surface area contributed by atoms with Crippen molar-refractivity contribution in [2.45, 2.75) is 51.5 Å². The van der Waals surface area contributed by atoms with Crippen molar-refractivity contribution < 1.29 is 39.8 Å². The molecular formula is C16H24O8. The van der Waals surface area contributed by atoms with Gasteiger partial charge in [0.05, 0.1) is 6.61 Å². The molecule has 0 spiro atoms. The SMILES string of the molecule is CC.Cc1cccc(O[C@@H]2O[C@H](CO)[C@@H](O)[C@H](O)[C@H]2O)c1C(=O)O. The molecule has 2 rings (SSSR count). The Morgan fingerprint density at radius 3 is 2.33 bits per heavy atom. The quantitative estimate of drug-likeness (QED) is 0.511. The number of aliphatic hydroxyl groups is 4.